The molecule has 1 N–H and O–H groups in total. The van der Waals surface area contributed by atoms with Gasteiger partial charge in [0.25, 0.3) is 5.91 Å². The number of nitrogens with one attached hydrogen (secondary N) is 1. The number of amidine groups is 1. The third-order valence-electron chi connectivity index (χ3n) is 4.47. The van der Waals surface area contributed by atoms with E-state index in [4.69, 9.17) is 4.74 Å². The van der Waals surface area contributed by atoms with E-state index >= 15 is 0 Å². The Morgan fingerprint density at radius 3 is 2.96 bits per heavy atom. The summed E-state index contributed by atoms with van der Waals surface area (Å²) in [6.07, 6.45) is 7.36. The van der Waals surface area contributed by atoms with Gasteiger partial charge in [-0.3, -0.25) is 14.7 Å². The van der Waals surface area contributed by atoms with Gasteiger partial charge in [-0.25, -0.2) is 14.6 Å². The highest BCUT2D eigenvalue weighted by molar-refractivity contribution is 8.18. The van der Waals surface area contributed by atoms with Crippen molar-refractivity contribution in [1.82, 2.24) is 15.3 Å². The lowest BCUT2D eigenvalue weighted by Crippen LogP contribution is -2.45. The van der Waals surface area contributed by atoms with Gasteiger partial charge in [0, 0.05) is 37.5 Å². The van der Waals surface area contributed by atoms with Gasteiger partial charge in [-0.1, -0.05) is 6.08 Å². The Kier molecular flexibility index (Phi) is 5.45. The average molecular weight is 402 g/mol. The van der Waals surface area contributed by atoms with Gasteiger partial charge in [0.1, 0.15) is 11.6 Å². The number of hydrazine groups is 1. The summed E-state index contributed by atoms with van der Waals surface area (Å²) in [7, 11) is 0. The zero-order chi connectivity index (χ0) is 19.5. The normalized spacial score (nSPS) is 20.8. The zero-order valence-electron chi connectivity index (χ0n) is 15.1. The number of halogens is 1. The third-order valence-corrected chi connectivity index (χ3v) is 5.47. The van der Waals surface area contributed by atoms with Crippen molar-refractivity contribution in [2.24, 2.45) is 4.99 Å². The van der Waals surface area contributed by atoms with E-state index in [9.17, 15) is 14.0 Å². The summed E-state index contributed by atoms with van der Waals surface area (Å²) in [6.45, 7) is 2.16. The first-order chi connectivity index (χ1) is 13.6. The van der Waals surface area contributed by atoms with Crippen molar-refractivity contribution < 1.29 is 18.7 Å². The van der Waals surface area contributed by atoms with Crippen LogP contribution in [0.5, 0.6) is 5.75 Å². The maximum Gasteiger partial charge on any atom is 0.419 e. The fraction of sp³-hybridized carbons (Fsp3) is 0.316. The fourth-order valence-corrected chi connectivity index (χ4v) is 3.93. The monoisotopic (exact) mass is 402 g/mol. The van der Waals surface area contributed by atoms with Gasteiger partial charge >= 0.3 is 6.09 Å². The molecule has 0 radical (unpaired) electrons. The molecule has 2 amide bonds. The summed E-state index contributed by atoms with van der Waals surface area (Å²) < 4.78 is 19.1. The first-order valence-corrected chi connectivity index (χ1v) is 9.90. The minimum absolute atomic E-state index is 0.0655. The van der Waals surface area contributed by atoms with Crippen molar-refractivity contribution in [2.75, 3.05) is 19.6 Å². The van der Waals surface area contributed by atoms with Gasteiger partial charge in [0.15, 0.2) is 5.17 Å². The molecule has 9 heteroatoms. The SMILES string of the molecule is O=C1N=C(N2CCCCN2)SC1=Cc1ccc(F)cc1OC(=O)N1C=CCC1. The number of carbonyl (C=O) groups is 2. The van der Waals surface area contributed by atoms with Crippen molar-refractivity contribution in [3.63, 3.8) is 0 Å². The molecule has 3 aliphatic rings. The highest BCUT2D eigenvalue weighted by Crippen LogP contribution is 2.33. The van der Waals surface area contributed by atoms with Crippen LogP contribution in [0, 0.1) is 5.82 Å². The number of hydrogen-bond donors (Lipinski definition) is 1. The van der Waals surface area contributed by atoms with Crippen LogP contribution in [0.15, 0.2) is 40.4 Å². The molecule has 1 saturated heterocycles. The van der Waals surface area contributed by atoms with Crippen LogP contribution in [0.3, 0.4) is 0 Å². The third kappa shape index (κ3) is 4.10. The van der Waals surface area contributed by atoms with Gasteiger partial charge in [-0.05, 0) is 49.2 Å². The zero-order valence-corrected chi connectivity index (χ0v) is 15.9. The topological polar surface area (TPSA) is 74.2 Å². The summed E-state index contributed by atoms with van der Waals surface area (Å²) >= 11 is 1.25. The van der Waals surface area contributed by atoms with Crippen LogP contribution < -0.4 is 10.2 Å². The molecule has 7 nitrogen and oxygen atoms in total. The van der Waals surface area contributed by atoms with Crippen LogP contribution in [0.2, 0.25) is 0 Å². The number of benzene rings is 1. The van der Waals surface area contributed by atoms with E-state index in [0.29, 0.717) is 22.2 Å². The summed E-state index contributed by atoms with van der Waals surface area (Å²) in [4.78, 5) is 30.5. The van der Waals surface area contributed by atoms with E-state index in [1.54, 1.807) is 12.3 Å². The molecule has 0 bridgehead atoms. The molecule has 1 aromatic carbocycles. The standard InChI is InChI=1S/C19H19FN4O3S/c20-14-6-5-13(15(12-14)27-19(26)23-8-3-4-9-23)11-16-17(25)22-18(28-16)24-10-2-1-7-21-24/h3,5-6,8,11-12,21H,1-2,4,7,9-10H2. The maximum absolute atomic E-state index is 13.7. The number of nitrogens with zero attached hydrogens (tertiary/aromatic N) is 3. The van der Waals surface area contributed by atoms with Gasteiger partial charge in [0.2, 0.25) is 0 Å². The summed E-state index contributed by atoms with van der Waals surface area (Å²) in [5, 5.41) is 2.47. The van der Waals surface area contributed by atoms with Crippen molar-refractivity contribution in [3.8, 4) is 5.75 Å². The fourth-order valence-electron chi connectivity index (χ4n) is 3.02. The first kappa shape index (κ1) is 18.7. The molecule has 4 rings (SSSR count). The molecule has 0 unspecified atom stereocenters. The van der Waals surface area contributed by atoms with Crippen molar-refractivity contribution in [2.45, 2.75) is 19.3 Å². The van der Waals surface area contributed by atoms with Crippen LogP contribution in [-0.4, -0.2) is 46.7 Å². The van der Waals surface area contributed by atoms with Crippen LogP contribution in [0.25, 0.3) is 6.08 Å². The Balaban J connectivity index is 1.53. The van der Waals surface area contributed by atoms with Gasteiger partial charge in [-0.15, -0.1) is 0 Å². The minimum Gasteiger partial charge on any atom is -0.409 e. The molecule has 0 aromatic heterocycles. The van der Waals surface area contributed by atoms with Gasteiger partial charge in [-0.2, -0.15) is 4.99 Å². The number of rotatable bonds is 2. The van der Waals surface area contributed by atoms with E-state index in [1.807, 2.05) is 11.1 Å². The largest absolute Gasteiger partial charge is 0.419 e. The Bertz CT molecular complexity index is 893. The minimum atomic E-state index is -0.584. The highest BCUT2D eigenvalue weighted by atomic mass is 32.2. The second-order valence-corrected chi connectivity index (χ2v) is 7.50. The second-order valence-electron chi connectivity index (χ2n) is 6.49. The Morgan fingerprint density at radius 2 is 2.21 bits per heavy atom. The second kappa shape index (κ2) is 8.15. The van der Waals surface area contributed by atoms with E-state index in [2.05, 4.69) is 10.4 Å². The average Bonchev–Trinajstić information content (AvgIpc) is 3.35. The van der Waals surface area contributed by atoms with Gasteiger partial charge < -0.3 is 4.74 Å². The van der Waals surface area contributed by atoms with Crippen LogP contribution in [-0.2, 0) is 4.79 Å². The predicted molar refractivity (Wildman–Crippen MR) is 105 cm³/mol. The van der Waals surface area contributed by atoms with Crippen molar-refractivity contribution in [1.29, 1.82) is 0 Å². The molecule has 0 spiro atoms. The molecule has 1 fully saturated rings. The molecule has 3 heterocycles. The summed E-state index contributed by atoms with van der Waals surface area (Å²) in [5.41, 5.74) is 3.66. The Labute approximate surface area is 165 Å². The molecular weight excluding hydrogens is 383 g/mol. The number of amides is 2. The van der Waals surface area contributed by atoms with Crippen LogP contribution >= 0.6 is 11.8 Å². The number of thioether (sulfide) groups is 1. The molecule has 3 aliphatic heterocycles. The molecule has 0 aliphatic carbocycles. The quantitative estimate of drug-likeness (QED) is 0.767. The lowest BCUT2D eigenvalue weighted by Gasteiger charge is -2.28. The smallest absolute Gasteiger partial charge is 0.409 e. The first-order valence-electron chi connectivity index (χ1n) is 9.08. The van der Waals surface area contributed by atoms with E-state index in [-0.39, 0.29) is 11.7 Å². The maximum atomic E-state index is 13.7. The van der Waals surface area contributed by atoms with E-state index in [0.717, 1.165) is 38.4 Å². The number of carbonyl (C=O) groups excluding carboxylic acids is 2. The Morgan fingerprint density at radius 1 is 1.32 bits per heavy atom. The molecular formula is C19H19FN4O3S. The molecule has 0 atom stereocenters. The van der Waals surface area contributed by atoms with Crippen molar-refractivity contribution in [3.05, 3.63) is 46.8 Å². The highest BCUT2D eigenvalue weighted by Gasteiger charge is 2.27. The van der Waals surface area contributed by atoms with Crippen molar-refractivity contribution >= 4 is 35.0 Å². The van der Waals surface area contributed by atoms with Crippen LogP contribution in [0.4, 0.5) is 9.18 Å². The van der Waals surface area contributed by atoms with E-state index < -0.39 is 11.9 Å². The lowest BCUT2D eigenvalue weighted by molar-refractivity contribution is -0.113. The summed E-state index contributed by atoms with van der Waals surface area (Å²) in [5.74, 6) is -0.825. The molecule has 146 valence electrons. The summed E-state index contributed by atoms with van der Waals surface area (Å²) in [6, 6.07) is 3.88. The number of ether oxygens (including phenoxy) is 1. The van der Waals surface area contributed by atoms with Crippen LogP contribution in [0.1, 0.15) is 24.8 Å². The molecule has 0 saturated carbocycles. The Hall–Kier alpha value is -2.65. The molecule has 1 aromatic rings. The van der Waals surface area contributed by atoms with E-state index in [1.165, 1.54) is 28.8 Å². The number of aliphatic imine (C=N–C) groups is 1. The lowest BCUT2D eigenvalue weighted by atomic mass is 10.2. The molecule has 28 heavy (non-hydrogen) atoms. The number of hydrogen-bond acceptors (Lipinski definition) is 6. The van der Waals surface area contributed by atoms with Gasteiger partial charge in [0.05, 0.1) is 4.91 Å². The predicted octanol–water partition coefficient (Wildman–Crippen LogP) is 3.11.